The van der Waals surface area contributed by atoms with Gasteiger partial charge in [-0.05, 0) is 54.3 Å². The monoisotopic (exact) mass is 276 g/mol. The Kier molecular flexibility index (Phi) is 4.40. The Hall–Kier alpha value is -1.58. The summed E-state index contributed by atoms with van der Waals surface area (Å²) in [5, 5.41) is 0.689. The van der Waals surface area contributed by atoms with Crippen LogP contribution < -0.4 is 10.5 Å². The van der Waals surface area contributed by atoms with E-state index in [2.05, 4.69) is 4.98 Å². The summed E-state index contributed by atoms with van der Waals surface area (Å²) in [4.78, 5) is 4.08. The van der Waals surface area contributed by atoms with Crippen LogP contribution in [0.3, 0.4) is 0 Å². The summed E-state index contributed by atoms with van der Waals surface area (Å²) in [6, 6.07) is 7.43. The fraction of sp³-hybridized carbons (Fsp3) is 0.267. The number of hydrogen-bond donors (Lipinski definition) is 1. The maximum Gasteiger partial charge on any atom is 0.122 e. The Morgan fingerprint density at radius 2 is 2.16 bits per heavy atom. The highest BCUT2D eigenvalue weighted by Crippen LogP contribution is 2.27. The average molecular weight is 277 g/mol. The van der Waals surface area contributed by atoms with Crippen molar-refractivity contribution in [2.45, 2.75) is 19.4 Å². The van der Waals surface area contributed by atoms with Crippen LogP contribution >= 0.6 is 11.6 Å². The number of benzene rings is 1. The van der Waals surface area contributed by atoms with Gasteiger partial charge in [-0.25, -0.2) is 0 Å². The van der Waals surface area contributed by atoms with Gasteiger partial charge < -0.3 is 10.5 Å². The van der Waals surface area contributed by atoms with Crippen molar-refractivity contribution in [2.24, 2.45) is 5.73 Å². The molecule has 0 aliphatic carbocycles. The SMILES string of the molecule is COc1ccc(Cl)cc1CC(N)c1ccncc1C. The third-order valence-electron chi connectivity index (χ3n) is 3.15. The molecule has 3 nitrogen and oxygen atoms in total. The quantitative estimate of drug-likeness (QED) is 0.932. The minimum Gasteiger partial charge on any atom is -0.496 e. The van der Waals surface area contributed by atoms with Gasteiger partial charge in [0.15, 0.2) is 0 Å². The molecule has 0 saturated heterocycles. The summed E-state index contributed by atoms with van der Waals surface area (Å²) in [6.07, 6.45) is 4.26. The van der Waals surface area contributed by atoms with Crippen LogP contribution in [0.2, 0.25) is 5.02 Å². The lowest BCUT2D eigenvalue weighted by Crippen LogP contribution is -2.15. The fourth-order valence-electron chi connectivity index (χ4n) is 2.15. The largest absolute Gasteiger partial charge is 0.496 e. The van der Waals surface area contributed by atoms with Crippen molar-refractivity contribution in [3.63, 3.8) is 0 Å². The second-order valence-corrected chi connectivity index (χ2v) is 4.94. The lowest BCUT2D eigenvalue weighted by atomic mass is 9.97. The molecule has 1 aromatic heterocycles. The zero-order valence-electron chi connectivity index (χ0n) is 11.1. The second kappa shape index (κ2) is 6.04. The second-order valence-electron chi connectivity index (χ2n) is 4.50. The van der Waals surface area contributed by atoms with Gasteiger partial charge >= 0.3 is 0 Å². The molecule has 0 spiro atoms. The Balaban J connectivity index is 2.26. The minimum absolute atomic E-state index is 0.102. The molecule has 0 aliphatic rings. The number of aryl methyl sites for hydroxylation is 1. The molecule has 4 heteroatoms. The Labute approximate surface area is 118 Å². The Morgan fingerprint density at radius 1 is 1.37 bits per heavy atom. The van der Waals surface area contributed by atoms with Crippen LogP contribution in [0.25, 0.3) is 0 Å². The third-order valence-corrected chi connectivity index (χ3v) is 3.38. The van der Waals surface area contributed by atoms with E-state index in [1.165, 1.54) is 0 Å². The summed E-state index contributed by atoms with van der Waals surface area (Å²) in [5.41, 5.74) is 9.48. The summed E-state index contributed by atoms with van der Waals surface area (Å²) < 4.78 is 5.34. The molecule has 0 bridgehead atoms. The number of halogens is 1. The van der Waals surface area contributed by atoms with Crippen LogP contribution in [-0.4, -0.2) is 12.1 Å². The summed E-state index contributed by atoms with van der Waals surface area (Å²) >= 11 is 6.03. The molecular formula is C15H17ClN2O. The normalized spacial score (nSPS) is 12.2. The first-order valence-corrected chi connectivity index (χ1v) is 6.48. The van der Waals surface area contributed by atoms with E-state index < -0.39 is 0 Å². The van der Waals surface area contributed by atoms with E-state index in [4.69, 9.17) is 22.1 Å². The predicted octanol–water partition coefficient (Wildman–Crippen LogP) is 3.29. The molecule has 1 aromatic carbocycles. The van der Waals surface area contributed by atoms with E-state index in [1.807, 2.05) is 37.4 Å². The van der Waals surface area contributed by atoms with Gasteiger partial charge in [0.1, 0.15) is 5.75 Å². The average Bonchev–Trinajstić information content (AvgIpc) is 2.39. The molecule has 0 amide bonds. The van der Waals surface area contributed by atoms with Crippen LogP contribution in [-0.2, 0) is 6.42 Å². The summed E-state index contributed by atoms with van der Waals surface area (Å²) in [6.45, 7) is 2.01. The maximum absolute atomic E-state index is 6.28. The Bertz CT molecular complexity index is 572. The van der Waals surface area contributed by atoms with E-state index in [0.29, 0.717) is 11.4 Å². The molecule has 1 unspecified atom stereocenters. The van der Waals surface area contributed by atoms with Gasteiger partial charge in [-0.2, -0.15) is 0 Å². The van der Waals surface area contributed by atoms with Gasteiger partial charge in [-0.3, -0.25) is 4.98 Å². The van der Waals surface area contributed by atoms with Crippen molar-refractivity contribution >= 4 is 11.6 Å². The molecule has 1 atom stereocenters. The lowest BCUT2D eigenvalue weighted by molar-refractivity contribution is 0.408. The number of methoxy groups -OCH3 is 1. The van der Waals surface area contributed by atoms with Gasteiger partial charge in [0.2, 0.25) is 0 Å². The highest BCUT2D eigenvalue weighted by molar-refractivity contribution is 6.30. The molecular weight excluding hydrogens is 260 g/mol. The van der Waals surface area contributed by atoms with Crippen molar-refractivity contribution in [3.8, 4) is 5.75 Å². The van der Waals surface area contributed by atoms with E-state index in [0.717, 1.165) is 22.4 Å². The van der Waals surface area contributed by atoms with Crippen molar-refractivity contribution < 1.29 is 4.74 Å². The van der Waals surface area contributed by atoms with Gasteiger partial charge in [0.05, 0.1) is 7.11 Å². The van der Waals surface area contributed by atoms with Crippen LogP contribution in [0.15, 0.2) is 36.7 Å². The zero-order valence-corrected chi connectivity index (χ0v) is 11.8. The number of aromatic nitrogens is 1. The molecule has 0 radical (unpaired) electrons. The van der Waals surface area contributed by atoms with Gasteiger partial charge in [0, 0.05) is 23.5 Å². The van der Waals surface area contributed by atoms with Crippen LogP contribution in [0.4, 0.5) is 0 Å². The standard InChI is InChI=1S/C15H17ClN2O/c1-10-9-18-6-5-13(10)14(17)8-11-7-12(16)3-4-15(11)19-2/h3-7,9,14H,8,17H2,1-2H3. The van der Waals surface area contributed by atoms with E-state index in [-0.39, 0.29) is 6.04 Å². The smallest absolute Gasteiger partial charge is 0.122 e. The number of pyridine rings is 1. The first kappa shape index (κ1) is 13.8. The summed E-state index contributed by atoms with van der Waals surface area (Å²) in [7, 11) is 1.65. The minimum atomic E-state index is -0.102. The molecule has 2 aromatic rings. The van der Waals surface area contributed by atoms with Gasteiger partial charge in [0.25, 0.3) is 0 Å². The molecule has 2 rings (SSSR count). The zero-order chi connectivity index (χ0) is 13.8. The first-order valence-electron chi connectivity index (χ1n) is 6.10. The third kappa shape index (κ3) is 3.25. The molecule has 100 valence electrons. The topological polar surface area (TPSA) is 48.1 Å². The van der Waals surface area contributed by atoms with Crippen molar-refractivity contribution in [1.82, 2.24) is 4.98 Å². The van der Waals surface area contributed by atoms with Crippen LogP contribution in [0.1, 0.15) is 22.7 Å². The fourth-order valence-corrected chi connectivity index (χ4v) is 2.35. The van der Waals surface area contributed by atoms with Crippen molar-refractivity contribution in [2.75, 3.05) is 7.11 Å². The van der Waals surface area contributed by atoms with Crippen molar-refractivity contribution in [1.29, 1.82) is 0 Å². The molecule has 0 saturated carbocycles. The maximum atomic E-state index is 6.28. The number of nitrogens with two attached hydrogens (primary N) is 1. The highest BCUT2D eigenvalue weighted by atomic mass is 35.5. The van der Waals surface area contributed by atoms with Gasteiger partial charge in [-0.15, -0.1) is 0 Å². The molecule has 0 fully saturated rings. The Morgan fingerprint density at radius 3 is 2.84 bits per heavy atom. The first-order chi connectivity index (χ1) is 9.11. The molecule has 19 heavy (non-hydrogen) atoms. The number of rotatable bonds is 4. The van der Waals surface area contributed by atoms with Crippen molar-refractivity contribution in [3.05, 3.63) is 58.4 Å². The number of nitrogens with zero attached hydrogens (tertiary/aromatic N) is 1. The number of ether oxygens (including phenoxy) is 1. The molecule has 1 heterocycles. The number of hydrogen-bond acceptors (Lipinski definition) is 3. The van der Waals surface area contributed by atoms with E-state index >= 15 is 0 Å². The highest BCUT2D eigenvalue weighted by Gasteiger charge is 2.13. The van der Waals surface area contributed by atoms with Crippen LogP contribution in [0.5, 0.6) is 5.75 Å². The predicted molar refractivity (Wildman–Crippen MR) is 77.6 cm³/mol. The lowest BCUT2D eigenvalue weighted by Gasteiger charge is -2.16. The molecule has 2 N–H and O–H groups in total. The van der Waals surface area contributed by atoms with Crippen LogP contribution in [0, 0.1) is 6.92 Å². The van der Waals surface area contributed by atoms with E-state index in [1.54, 1.807) is 13.3 Å². The van der Waals surface area contributed by atoms with Gasteiger partial charge in [-0.1, -0.05) is 11.6 Å². The summed E-state index contributed by atoms with van der Waals surface area (Å²) in [5.74, 6) is 0.812. The van der Waals surface area contributed by atoms with E-state index in [9.17, 15) is 0 Å². The molecule has 0 aliphatic heterocycles.